The lowest BCUT2D eigenvalue weighted by Gasteiger charge is -2.20. The van der Waals surface area contributed by atoms with Crippen LogP contribution in [-0.2, 0) is 24.4 Å². The Morgan fingerprint density at radius 2 is 1.90 bits per heavy atom. The van der Waals surface area contributed by atoms with Crippen molar-refractivity contribution in [3.05, 3.63) is 68.6 Å². The van der Waals surface area contributed by atoms with Crippen LogP contribution >= 0.6 is 11.8 Å². The number of ether oxygens (including phenoxy) is 1. The fraction of sp³-hybridized carbons (Fsp3) is 0.464. The lowest BCUT2D eigenvalue weighted by molar-refractivity contribution is 0.0773. The third-order valence-corrected chi connectivity index (χ3v) is 7.38. The Morgan fingerprint density at radius 1 is 1.10 bits per heavy atom. The van der Waals surface area contributed by atoms with Crippen molar-refractivity contribution in [1.82, 2.24) is 28.5 Å². The van der Waals surface area contributed by atoms with Gasteiger partial charge in [-0.15, -0.1) is 0 Å². The van der Waals surface area contributed by atoms with Crippen LogP contribution in [-0.4, -0.2) is 39.5 Å². The van der Waals surface area contributed by atoms with E-state index in [9.17, 15) is 14.4 Å². The minimum absolute atomic E-state index is 0.242. The minimum atomic E-state index is -0.785. The van der Waals surface area contributed by atoms with Crippen LogP contribution in [0, 0.1) is 6.92 Å². The molecule has 0 aliphatic carbocycles. The van der Waals surface area contributed by atoms with E-state index in [1.54, 1.807) is 15.4 Å². The summed E-state index contributed by atoms with van der Waals surface area (Å²) in [5, 5.41) is 4.13. The average Bonchev–Trinajstić information content (AvgIpc) is 3.54. The Kier molecular flexibility index (Phi) is 9.11. The summed E-state index contributed by atoms with van der Waals surface area (Å²) >= 11 is 1.11. The molecule has 0 fully saturated rings. The number of nitrogens with zero attached hydrogens (tertiary/aromatic N) is 6. The second kappa shape index (κ2) is 12.5. The van der Waals surface area contributed by atoms with Gasteiger partial charge in [0.05, 0.1) is 18.3 Å². The maximum atomic E-state index is 13.8. The first-order valence-electron chi connectivity index (χ1n) is 13.5. The van der Waals surface area contributed by atoms with Crippen LogP contribution in [0.15, 0.2) is 46.2 Å². The zero-order chi connectivity index (χ0) is 28.1. The Labute approximate surface area is 231 Å². The number of hydrogen-bond acceptors (Lipinski definition) is 7. The number of carbonyl (C=O) groups is 1. The number of aromatic nitrogens is 6. The normalized spacial score (nSPS) is 12.2. The van der Waals surface area contributed by atoms with Gasteiger partial charge in [0.15, 0.2) is 17.4 Å². The molecule has 4 rings (SSSR count). The van der Waals surface area contributed by atoms with Crippen LogP contribution in [0.2, 0.25) is 0 Å². The van der Waals surface area contributed by atoms with E-state index in [4.69, 9.17) is 9.72 Å². The fourth-order valence-corrected chi connectivity index (χ4v) is 5.21. The quantitative estimate of drug-likeness (QED) is 0.236. The lowest BCUT2D eigenvalue weighted by atomic mass is 10.1. The smallest absolute Gasteiger partial charge is 0.369 e. The standard InChI is InChI=1S/C28H36N6O4S/c1-6-13-33-26(35)23-25(32(9-4)27(33)36)30-24(34(23)22(8-3)38-28(37)39-14-7-2)21-16-29-31(18-21)17-20-12-10-11-19(5)15-20/h10-12,15-16,18,22H,6-9,13-14,17H2,1-5H3. The van der Waals surface area contributed by atoms with Crippen molar-refractivity contribution in [2.24, 2.45) is 0 Å². The molecule has 4 aromatic rings. The van der Waals surface area contributed by atoms with E-state index in [1.807, 2.05) is 59.0 Å². The number of benzene rings is 1. The van der Waals surface area contributed by atoms with E-state index < -0.39 is 22.8 Å². The van der Waals surface area contributed by atoms with E-state index in [1.165, 1.54) is 9.13 Å². The first-order chi connectivity index (χ1) is 18.8. The van der Waals surface area contributed by atoms with Crippen molar-refractivity contribution < 1.29 is 9.53 Å². The highest BCUT2D eigenvalue weighted by molar-refractivity contribution is 8.13. The van der Waals surface area contributed by atoms with Crippen molar-refractivity contribution in [2.45, 2.75) is 79.7 Å². The third-order valence-electron chi connectivity index (χ3n) is 6.43. The summed E-state index contributed by atoms with van der Waals surface area (Å²) in [7, 11) is 0. The van der Waals surface area contributed by atoms with Gasteiger partial charge < -0.3 is 4.74 Å². The van der Waals surface area contributed by atoms with Crippen molar-refractivity contribution in [3.63, 3.8) is 0 Å². The van der Waals surface area contributed by atoms with Crippen molar-refractivity contribution in [2.75, 3.05) is 5.75 Å². The summed E-state index contributed by atoms with van der Waals surface area (Å²) in [6.07, 6.45) is 4.63. The fourth-order valence-electron chi connectivity index (χ4n) is 4.66. The number of imidazole rings is 1. The molecule has 3 aromatic heterocycles. The van der Waals surface area contributed by atoms with Gasteiger partial charge in [-0.05, 0) is 44.0 Å². The summed E-state index contributed by atoms with van der Waals surface area (Å²) in [5.74, 6) is 1.06. The van der Waals surface area contributed by atoms with Crippen LogP contribution in [0.5, 0.6) is 0 Å². The first-order valence-corrected chi connectivity index (χ1v) is 14.5. The molecule has 11 heteroatoms. The van der Waals surface area contributed by atoms with Crippen molar-refractivity contribution in [1.29, 1.82) is 0 Å². The van der Waals surface area contributed by atoms with E-state index in [0.717, 1.165) is 29.3 Å². The summed E-state index contributed by atoms with van der Waals surface area (Å²) in [6, 6.07) is 8.20. The van der Waals surface area contributed by atoms with Gasteiger partial charge in [-0.3, -0.25) is 23.2 Å². The summed E-state index contributed by atoms with van der Waals surface area (Å²) in [6.45, 7) is 10.9. The van der Waals surface area contributed by atoms with Crippen LogP contribution in [0.25, 0.3) is 22.6 Å². The Morgan fingerprint density at radius 3 is 2.56 bits per heavy atom. The molecule has 3 heterocycles. The van der Waals surface area contributed by atoms with E-state index in [2.05, 4.69) is 11.2 Å². The molecule has 1 unspecified atom stereocenters. The second-order valence-corrected chi connectivity index (χ2v) is 10.5. The van der Waals surface area contributed by atoms with Crippen LogP contribution in [0.4, 0.5) is 4.79 Å². The number of rotatable bonds is 11. The minimum Gasteiger partial charge on any atom is -0.433 e. The molecule has 1 aromatic carbocycles. The molecule has 0 spiro atoms. The van der Waals surface area contributed by atoms with Gasteiger partial charge in [0.2, 0.25) is 0 Å². The van der Waals surface area contributed by atoms with Crippen LogP contribution < -0.4 is 11.2 Å². The number of carbonyl (C=O) groups excluding carboxylic acids is 1. The molecule has 0 N–H and O–H groups in total. The maximum Gasteiger partial charge on any atom is 0.369 e. The van der Waals surface area contributed by atoms with Crippen LogP contribution in [0.3, 0.4) is 0 Å². The molecule has 0 aliphatic rings. The van der Waals surface area contributed by atoms with Gasteiger partial charge in [-0.1, -0.05) is 50.6 Å². The topological polar surface area (TPSA) is 106 Å². The first kappa shape index (κ1) is 28.4. The molecule has 0 aliphatic heterocycles. The van der Waals surface area contributed by atoms with Gasteiger partial charge in [0.1, 0.15) is 5.82 Å². The maximum absolute atomic E-state index is 13.8. The SMILES string of the molecule is CCCSC(=O)OC(CC)n1c(-c2cnn(Cc3cccc(C)c3)c2)nc2c1c(=O)n(CCC)c(=O)n2CC. The zero-order valence-corrected chi connectivity index (χ0v) is 24.0. The van der Waals surface area contributed by atoms with Gasteiger partial charge in [-0.25, -0.2) is 14.6 Å². The predicted octanol–water partition coefficient (Wildman–Crippen LogP) is 5.20. The van der Waals surface area contributed by atoms with E-state index in [0.29, 0.717) is 43.1 Å². The number of aryl methyl sites for hydroxylation is 2. The Balaban J connectivity index is 1.91. The molecule has 0 saturated heterocycles. The number of fused-ring (bicyclic) bond motifs is 1. The average molecular weight is 553 g/mol. The molecule has 0 saturated carbocycles. The van der Waals surface area contributed by atoms with Crippen molar-refractivity contribution >= 4 is 28.2 Å². The largest absolute Gasteiger partial charge is 0.433 e. The Bertz CT molecular complexity index is 1580. The molecule has 0 amide bonds. The summed E-state index contributed by atoms with van der Waals surface area (Å²) in [5.41, 5.74) is 2.61. The molecule has 0 radical (unpaired) electrons. The molecular weight excluding hydrogens is 516 g/mol. The highest BCUT2D eigenvalue weighted by atomic mass is 32.2. The van der Waals surface area contributed by atoms with Crippen LogP contribution in [0.1, 0.15) is 64.3 Å². The highest BCUT2D eigenvalue weighted by Gasteiger charge is 2.28. The second-order valence-electron chi connectivity index (χ2n) is 9.46. The lowest BCUT2D eigenvalue weighted by Crippen LogP contribution is -2.40. The van der Waals surface area contributed by atoms with E-state index >= 15 is 0 Å². The monoisotopic (exact) mass is 552 g/mol. The van der Waals surface area contributed by atoms with Gasteiger partial charge >= 0.3 is 11.0 Å². The number of hydrogen-bond donors (Lipinski definition) is 0. The molecule has 0 bridgehead atoms. The van der Waals surface area contributed by atoms with Gasteiger partial charge in [-0.2, -0.15) is 5.10 Å². The van der Waals surface area contributed by atoms with Gasteiger partial charge in [0.25, 0.3) is 5.56 Å². The van der Waals surface area contributed by atoms with Gasteiger partial charge in [0, 0.05) is 31.5 Å². The molecule has 10 nitrogen and oxygen atoms in total. The predicted molar refractivity (Wildman–Crippen MR) is 154 cm³/mol. The van der Waals surface area contributed by atoms with Crippen molar-refractivity contribution in [3.8, 4) is 11.4 Å². The molecule has 39 heavy (non-hydrogen) atoms. The summed E-state index contributed by atoms with van der Waals surface area (Å²) in [4.78, 5) is 44.5. The summed E-state index contributed by atoms with van der Waals surface area (Å²) < 4.78 is 12.1. The van der Waals surface area contributed by atoms with E-state index in [-0.39, 0.29) is 17.7 Å². The molecular formula is C28H36N6O4S. The molecule has 208 valence electrons. The molecule has 1 atom stereocenters. The number of thioether (sulfide) groups is 1. The zero-order valence-electron chi connectivity index (χ0n) is 23.2. The Hall–Kier alpha value is -3.60. The third kappa shape index (κ3) is 5.88. The highest BCUT2D eigenvalue weighted by Crippen LogP contribution is 2.30.